The van der Waals surface area contributed by atoms with Gasteiger partial charge >= 0.3 is 5.76 Å². The van der Waals surface area contributed by atoms with Crippen LogP contribution in [0.1, 0.15) is 0 Å². The first kappa shape index (κ1) is 18.2. The van der Waals surface area contributed by atoms with E-state index in [1.165, 1.54) is 0 Å². The van der Waals surface area contributed by atoms with Gasteiger partial charge in [0.2, 0.25) is 9.84 Å². The van der Waals surface area contributed by atoms with E-state index in [1.54, 1.807) is 0 Å². The molecule has 0 fully saturated rings. The Labute approximate surface area is 134 Å². The second-order valence-corrected chi connectivity index (χ2v) is 8.02. The van der Waals surface area contributed by atoms with Crippen LogP contribution in [-0.2, 0) is 19.9 Å². The number of halogens is 4. The molecule has 0 aromatic heterocycles. The first-order valence-electron chi connectivity index (χ1n) is 6.14. The highest BCUT2D eigenvalue weighted by atomic mass is 32.2. The molecule has 0 atom stereocenters. The largest absolute Gasteiger partial charge is 0.341 e. The molecule has 0 radical (unpaired) electrons. The van der Waals surface area contributed by atoms with Crippen LogP contribution < -0.4 is 4.72 Å². The second-order valence-electron chi connectivity index (χ2n) is 4.49. The third-order valence-electron chi connectivity index (χ3n) is 2.86. The zero-order valence-electron chi connectivity index (χ0n) is 11.6. The van der Waals surface area contributed by atoms with Gasteiger partial charge in [-0.3, -0.25) is 4.72 Å². The predicted octanol–water partition coefficient (Wildman–Crippen LogP) is 2.76. The normalized spacial score (nSPS) is 12.4. The molecule has 0 aliphatic heterocycles. The molecule has 1 N–H and O–H groups in total. The van der Waals surface area contributed by atoms with Crippen molar-refractivity contribution in [2.45, 2.75) is 15.5 Å². The van der Waals surface area contributed by atoms with Crippen LogP contribution in [0.5, 0.6) is 0 Å². The van der Waals surface area contributed by atoms with Crippen molar-refractivity contribution in [2.24, 2.45) is 0 Å². The Hall–Kier alpha value is -2.14. The molecule has 0 amide bonds. The van der Waals surface area contributed by atoms with Crippen LogP contribution in [0.15, 0.2) is 52.3 Å². The number of benzene rings is 2. The fourth-order valence-electron chi connectivity index (χ4n) is 1.76. The number of alkyl halides is 2. The van der Waals surface area contributed by atoms with Gasteiger partial charge in [-0.25, -0.2) is 25.6 Å². The van der Waals surface area contributed by atoms with E-state index in [4.69, 9.17) is 0 Å². The minimum absolute atomic E-state index is 0.258. The summed E-state index contributed by atoms with van der Waals surface area (Å²) in [4.78, 5) is -1.94. The molecule has 0 unspecified atom stereocenters. The fraction of sp³-hybridized carbons (Fsp3) is 0.0769. The van der Waals surface area contributed by atoms with Crippen LogP contribution in [0.25, 0.3) is 0 Å². The van der Waals surface area contributed by atoms with Crippen LogP contribution in [0.2, 0.25) is 0 Å². The Morgan fingerprint density at radius 3 is 1.79 bits per heavy atom. The molecule has 11 heteroatoms. The van der Waals surface area contributed by atoms with E-state index in [0.29, 0.717) is 0 Å². The van der Waals surface area contributed by atoms with Gasteiger partial charge in [0, 0.05) is 5.69 Å². The van der Waals surface area contributed by atoms with Gasteiger partial charge in [0.15, 0.2) is 4.90 Å². The Kier molecular flexibility index (Phi) is 4.85. The number of anilines is 1. The Morgan fingerprint density at radius 1 is 0.833 bits per heavy atom. The van der Waals surface area contributed by atoms with E-state index < -0.39 is 47.0 Å². The van der Waals surface area contributed by atoms with E-state index in [1.807, 2.05) is 4.72 Å². The van der Waals surface area contributed by atoms with Crippen molar-refractivity contribution in [3.8, 4) is 0 Å². The quantitative estimate of drug-likeness (QED) is 0.806. The first-order chi connectivity index (χ1) is 11.1. The van der Waals surface area contributed by atoms with Gasteiger partial charge in [-0.15, -0.1) is 0 Å². The minimum Gasteiger partial charge on any atom is -0.279 e. The highest BCUT2D eigenvalue weighted by Crippen LogP contribution is 2.24. The fourth-order valence-corrected chi connectivity index (χ4v) is 3.68. The lowest BCUT2D eigenvalue weighted by Crippen LogP contribution is -2.16. The number of rotatable bonds is 5. The number of sulfonamides is 1. The van der Waals surface area contributed by atoms with Crippen LogP contribution in [-0.4, -0.2) is 22.6 Å². The monoisotopic (exact) mass is 383 g/mol. The van der Waals surface area contributed by atoms with Gasteiger partial charge in [0.25, 0.3) is 10.0 Å². The van der Waals surface area contributed by atoms with Crippen LogP contribution >= 0.6 is 0 Å². The van der Waals surface area contributed by atoms with Crippen molar-refractivity contribution in [1.82, 2.24) is 0 Å². The smallest absolute Gasteiger partial charge is 0.279 e. The molecule has 0 spiro atoms. The van der Waals surface area contributed by atoms with Gasteiger partial charge < -0.3 is 0 Å². The van der Waals surface area contributed by atoms with E-state index in [0.717, 1.165) is 42.5 Å². The van der Waals surface area contributed by atoms with Gasteiger partial charge in [-0.2, -0.15) is 8.78 Å². The molecule has 0 aliphatic rings. The lowest BCUT2D eigenvalue weighted by molar-refractivity contribution is 0.234. The number of hydrogen-bond acceptors (Lipinski definition) is 4. The maximum absolute atomic E-state index is 13.5. The van der Waals surface area contributed by atoms with Crippen molar-refractivity contribution >= 4 is 25.5 Å². The Bertz CT molecular complexity index is 938. The van der Waals surface area contributed by atoms with Crippen molar-refractivity contribution < 1.29 is 34.4 Å². The van der Waals surface area contributed by atoms with Crippen molar-refractivity contribution in [3.05, 3.63) is 54.1 Å². The average molecular weight is 383 g/mol. The van der Waals surface area contributed by atoms with E-state index in [2.05, 4.69) is 0 Å². The van der Waals surface area contributed by atoms with Crippen LogP contribution in [0.4, 0.5) is 23.2 Å². The van der Waals surface area contributed by atoms with Crippen LogP contribution in [0, 0.1) is 11.6 Å². The molecule has 0 saturated heterocycles. The highest BCUT2D eigenvalue weighted by Gasteiger charge is 2.27. The topological polar surface area (TPSA) is 80.3 Å². The molecular weight excluding hydrogens is 374 g/mol. The summed E-state index contributed by atoms with van der Waals surface area (Å²) in [7, 11) is -9.47. The van der Waals surface area contributed by atoms with Gasteiger partial charge in [0.05, 0.1) is 4.90 Å². The third-order valence-corrected chi connectivity index (χ3v) is 5.69. The van der Waals surface area contributed by atoms with Crippen molar-refractivity contribution in [2.75, 3.05) is 4.72 Å². The number of hydrogen-bond donors (Lipinski definition) is 1. The number of nitrogens with one attached hydrogen (secondary N) is 1. The zero-order chi connectivity index (χ0) is 18.1. The summed E-state index contributed by atoms with van der Waals surface area (Å²) in [5.41, 5.74) is -0.258. The van der Waals surface area contributed by atoms with E-state index in [9.17, 15) is 34.4 Å². The summed E-state index contributed by atoms with van der Waals surface area (Å²) in [6.07, 6.45) is 0. The van der Waals surface area contributed by atoms with Crippen molar-refractivity contribution in [3.63, 3.8) is 0 Å². The molecule has 2 aromatic rings. The summed E-state index contributed by atoms with van der Waals surface area (Å²) in [5, 5.41) is 0. The summed E-state index contributed by atoms with van der Waals surface area (Å²) < 4.78 is 100. The summed E-state index contributed by atoms with van der Waals surface area (Å²) in [6.45, 7) is 0. The maximum Gasteiger partial charge on any atom is 0.341 e. The molecular formula is C13H9F4NO4S2. The standard InChI is InChI=1S/C13H9F4NO4S2/c14-10-2-1-3-11(15)12(10)24(21,22)18-8-4-6-9(7-5-8)23(19,20)13(16)17/h1-7,13,18H. The first-order valence-corrected chi connectivity index (χ1v) is 9.17. The van der Waals surface area contributed by atoms with Gasteiger partial charge in [0.1, 0.15) is 11.6 Å². The van der Waals surface area contributed by atoms with Gasteiger partial charge in [-0.05, 0) is 36.4 Å². The third kappa shape index (κ3) is 3.51. The van der Waals surface area contributed by atoms with E-state index in [-0.39, 0.29) is 5.69 Å². The summed E-state index contributed by atoms with van der Waals surface area (Å²) in [5.74, 6) is -6.27. The number of sulfone groups is 1. The molecule has 2 aromatic carbocycles. The molecule has 5 nitrogen and oxygen atoms in total. The molecule has 24 heavy (non-hydrogen) atoms. The zero-order valence-corrected chi connectivity index (χ0v) is 13.2. The minimum atomic E-state index is -4.83. The maximum atomic E-state index is 13.5. The molecule has 130 valence electrons. The average Bonchev–Trinajstić information content (AvgIpc) is 2.46. The van der Waals surface area contributed by atoms with Crippen molar-refractivity contribution in [1.29, 1.82) is 0 Å². The molecule has 0 bridgehead atoms. The Morgan fingerprint density at radius 2 is 1.33 bits per heavy atom. The summed E-state index contributed by atoms with van der Waals surface area (Å²) >= 11 is 0. The Balaban J connectivity index is 2.35. The molecule has 0 heterocycles. The SMILES string of the molecule is O=S(=O)(Nc1ccc(S(=O)(=O)C(F)F)cc1)c1c(F)cccc1F. The predicted molar refractivity (Wildman–Crippen MR) is 76.8 cm³/mol. The lowest BCUT2D eigenvalue weighted by Gasteiger charge is -2.10. The highest BCUT2D eigenvalue weighted by molar-refractivity contribution is 7.92. The molecule has 0 saturated carbocycles. The van der Waals surface area contributed by atoms with Crippen LogP contribution in [0.3, 0.4) is 0 Å². The summed E-state index contributed by atoms with van der Waals surface area (Å²) in [6, 6.07) is 5.73. The second kappa shape index (κ2) is 6.40. The lowest BCUT2D eigenvalue weighted by atomic mass is 10.3. The molecule has 0 aliphatic carbocycles. The van der Waals surface area contributed by atoms with E-state index >= 15 is 0 Å². The van der Waals surface area contributed by atoms with Gasteiger partial charge in [-0.1, -0.05) is 6.07 Å². The molecule has 2 rings (SSSR count).